The zero-order chi connectivity index (χ0) is 10.2. The predicted molar refractivity (Wildman–Crippen MR) is 51.2 cm³/mol. The van der Waals surface area contributed by atoms with Crippen LogP contribution in [0.2, 0.25) is 0 Å². The van der Waals surface area contributed by atoms with Gasteiger partial charge in [0.05, 0.1) is 12.5 Å². The van der Waals surface area contributed by atoms with Crippen molar-refractivity contribution >= 4 is 21.0 Å². The number of pyridine rings is 1. The Bertz CT molecular complexity index is 559. The quantitative estimate of drug-likeness (QED) is 0.724. The highest BCUT2D eigenvalue weighted by molar-refractivity contribution is 7.86. The monoisotopic (exact) mass is 212 g/mol. The van der Waals surface area contributed by atoms with Crippen molar-refractivity contribution in [2.75, 3.05) is 6.26 Å². The molecule has 2 aromatic heterocycles. The van der Waals surface area contributed by atoms with E-state index in [0.29, 0.717) is 5.52 Å². The van der Waals surface area contributed by atoms with Crippen molar-refractivity contribution in [1.82, 2.24) is 9.71 Å². The van der Waals surface area contributed by atoms with E-state index in [9.17, 15) is 8.42 Å². The smallest absolute Gasteiger partial charge is 0.287 e. The highest BCUT2D eigenvalue weighted by Crippen LogP contribution is 2.12. The largest absolute Gasteiger partial charge is 0.324 e. The van der Waals surface area contributed by atoms with Gasteiger partial charge in [0, 0.05) is 17.8 Å². The minimum atomic E-state index is -3.50. The predicted octanol–water partition coefficient (Wildman–Crippen LogP) is 0.424. The van der Waals surface area contributed by atoms with Crippen LogP contribution in [0.3, 0.4) is 0 Å². The molecule has 0 fully saturated rings. The first kappa shape index (κ1) is 9.01. The average Bonchev–Trinajstić information content (AvgIpc) is 2.47. The standard InChI is InChI=1S/C8H8N2O3S/c1-14(11,12)13-10-5-3-7-2-4-9-6-8(7)10/h2-6H,1H3. The minimum Gasteiger partial charge on any atom is -0.287 e. The maximum atomic E-state index is 10.9. The fraction of sp³-hybridized carbons (Fsp3) is 0.125. The molecule has 0 saturated heterocycles. The third-order valence-electron chi connectivity index (χ3n) is 1.68. The molecule has 0 saturated carbocycles. The van der Waals surface area contributed by atoms with Crippen LogP contribution in [0.5, 0.6) is 0 Å². The Morgan fingerprint density at radius 2 is 2.21 bits per heavy atom. The molecule has 2 heterocycles. The van der Waals surface area contributed by atoms with E-state index in [-0.39, 0.29) is 0 Å². The van der Waals surface area contributed by atoms with E-state index >= 15 is 0 Å². The van der Waals surface area contributed by atoms with Gasteiger partial charge in [-0.3, -0.25) is 9.27 Å². The van der Waals surface area contributed by atoms with Crippen LogP contribution in [-0.2, 0) is 10.1 Å². The molecule has 0 radical (unpaired) electrons. The van der Waals surface area contributed by atoms with Crippen molar-refractivity contribution in [3.63, 3.8) is 0 Å². The molecule has 0 aliphatic rings. The molecule has 0 amide bonds. The molecular formula is C8H8N2O3S. The number of hydrogen-bond acceptors (Lipinski definition) is 4. The van der Waals surface area contributed by atoms with E-state index in [2.05, 4.69) is 4.98 Å². The molecule has 2 rings (SSSR count). The van der Waals surface area contributed by atoms with Crippen molar-refractivity contribution in [2.24, 2.45) is 0 Å². The van der Waals surface area contributed by atoms with Crippen molar-refractivity contribution < 1.29 is 12.7 Å². The summed E-state index contributed by atoms with van der Waals surface area (Å²) < 4.78 is 27.6. The van der Waals surface area contributed by atoms with Gasteiger partial charge in [0.2, 0.25) is 0 Å². The van der Waals surface area contributed by atoms with Crippen LogP contribution in [0, 0.1) is 0 Å². The van der Waals surface area contributed by atoms with Crippen LogP contribution in [0.25, 0.3) is 10.9 Å². The summed E-state index contributed by atoms with van der Waals surface area (Å²) >= 11 is 0. The van der Waals surface area contributed by atoms with Crippen LogP contribution in [0.4, 0.5) is 0 Å². The number of fused-ring (bicyclic) bond motifs is 1. The summed E-state index contributed by atoms with van der Waals surface area (Å²) in [6.45, 7) is 0. The third kappa shape index (κ3) is 1.69. The van der Waals surface area contributed by atoms with E-state index in [1.165, 1.54) is 10.9 Å². The Kier molecular flexibility index (Phi) is 1.92. The molecule has 0 spiro atoms. The molecule has 14 heavy (non-hydrogen) atoms. The van der Waals surface area contributed by atoms with Crippen molar-refractivity contribution in [2.45, 2.75) is 0 Å². The molecule has 0 unspecified atom stereocenters. The zero-order valence-electron chi connectivity index (χ0n) is 7.41. The van der Waals surface area contributed by atoms with Gasteiger partial charge in [-0.1, -0.05) is 0 Å². The maximum absolute atomic E-state index is 10.9. The maximum Gasteiger partial charge on any atom is 0.324 e. The minimum absolute atomic E-state index is 0.623. The molecule has 5 nitrogen and oxygen atoms in total. The second-order valence-electron chi connectivity index (χ2n) is 2.85. The summed E-state index contributed by atoms with van der Waals surface area (Å²) in [7, 11) is -3.50. The summed E-state index contributed by atoms with van der Waals surface area (Å²) in [5.74, 6) is 0. The van der Waals surface area contributed by atoms with E-state index in [4.69, 9.17) is 4.28 Å². The van der Waals surface area contributed by atoms with E-state index < -0.39 is 10.1 Å². The molecule has 0 aromatic carbocycles. The highest BCUT2D eigenvalue weighted by atomic mass is 32.2. The normalized spacial score (nSPS) is 11.8. The van der Waals surface area contributed by atoms with Gasteiger partial charge in [-0.05, 0) is 12.1 Å². The van der Waals surface area contributed by atoms with Gasteiger partial charge in [0.25, 0.3) is 0 Å². The summed E-state index contributed by atoms with van der Waals surface area (Å²) in [6.07, 6.45) is 5.70. The fourth-order valence-corrected chi connectivity index (χ4v) is 1.58. The number of aromatic nitrogens is 2. The van der Waals surface area contributed by atoms with Gasteiger partial charge in [-0.25, -0.2) is 0 Å². The molecule has 0 N–H and O–H groups in total. The second kappa shape index (κ2) is 2.98. The van der Waals surface area contributed by atoms with Gasteiger partial charge in [-0.2, -0.15) is 13.1 Å². The lowest BCUT2D eigenvalue weighted by atomic mass is 10.3. The van der Waals surface area contributed by atoms with E-state index in [1.807, 2.05) is 0 Å². The summed E-state index contributed by atoms with van der Waals surface area (Å²) in [5, 5.41) is 0.878. The molecule has 6 heteroatoms. The highest BCUT2D eigenvalue weighted by Gasteiger charge is 2.06. The van der Waals surface area contributed by atoms with Crippen LogP contribution in [0.1, 0.15) is 0 Å². The number of rotatable bonds is 2. The first-order valence-corrected chi connectivity index (χ1v) is 5.69. The lowest BCUT2D eigenvalue weighted by Crippen LogP contribution is -2.17. The van der Waals surface area contributed by atoms with Crippen molar-refractivity contribution in [3.05, 3.63) is 30.7 Å². The van der Waals surface area contributed by atoms with Crippen LogP contribution >= 0.6 is 0 Å². The molecule has 0 aliphatic carbocycles. The summed E-state index contributed by atoms with van der Waals surface area (Å²) in [6, 6.07) is 3.53. The van der Waals surface area contributed by atoms with E-state index in [0.717, 1.165) is 11.6 Å². The molecule has 74 valence electrons. The number of nitrogens with zero attached hydrogens (tertiary/aromatic N) is 2. The van der Waals surface area contributed by atoms with Crippen LogP contribution in [0.15, 0.2) is 30.7 Å². The summed E-state index contributed by atoms with van der Waals surface area (Å²) in [5.41, 5.74) is 0.623. The first-order valence-electron chi connectivity index (χ1n) is 3.87. The van der Waals surface area contributed by atoms with Gasteiger partial charge < -0.3 is 0 Å². The fourth-order valence-electron chi connectivity index (χ4n) is 1.16. The average molecular weight is 212 g/mol. The van der Waals surface area contributed by atoms with E-state index in [1.54, 1.807) is 24.5 Å². The molecule has 0 atom stereocenters. The number of hydrogen-bond donors (Lipinski definition) is 0. The van der Waals surface area contributed by atoms with Gasteiger partial charge in [0.15, 0.2) is 0 Å². The van der Waals surface area contributed by atoms with Crippen molar-refractivity contribution in [1.29, 1.82) is 0 Å². The third-order valence-corrected chi connectivity index (χ3v) is 2.11. The van der Waals surface area contributed by atoms with Gasteiger partial charge in [0.1, 0.15) is 5.52 Å². The topological polar surface area (TPSA) is 61.2 Å². The Morgan fingerprint density at radius 3 is 2.93 bits per heavy atom. The Balaban J connectivity index is 2.54. The Labute approximate surface area is 81.0 Å². The lowest BCUT2D eigenvalue weighted by Gasteiger charge is -2.03. The van der Waals surface area contributed by atoms with Gasteiger partial charge >= 0.3 is 10.1 Å². The van der Waals surface area contributed by atoms with Crippen LogP contribution < -0.4 is 4.28 Å². The molecule has 0 bridgehead atoms. The molecule has 0 aliphatic heterocycles. The lowest BCUT2D eigenvalue weighted by molar-refractivity contribution is 0.296. The molecule has 2 aromatic rings. The first-order chi connectivity index (χ1) is 6.56. The SMILES string of the molecule is CS(=O)(=O)On1ccc2ccncc21. The molecular weight excluding hydrogens is 204 g/mol. The van der Waals surface area contributed by atoms with Crippen molar-refractivity contribution in [3.8, 4) is 0 Å². The Morgan fingerprint density at radius 1 is 1.43 bits per heavy atom. The Hall–Kier alpha value is -1.56. The van der Waals surface area contributed by atoms with Gasteiger partial charge in [-0.15, -0.1) is 0 Å². The zero-order valence-corrected chi connectivity index (χ0v) is 8.23. The van der Waals surface area contributed by atoms with Crippen LogP contribution in [-0.4, -0.2) is 24.4 Å². The second-order valence-corrected chi connectivity index (χ2v) is 4.41. The summed E-state index contributed by atoms with van der Waals surface area (Å²) in [4.78, 5) is 3.88.